The van der Waals surface area contributed by atoms with Crippen LogP contribution in [0, 0.1) is 0 Å². The van der Waals surface area contributed by atoms with Gasteiger partial charge in [-0.15, -0.1) is 5.10 Å². The van der Waals surface area contributed by atoms with E-state index in [-0.39, 0.29) is 24.9 Å². The Morgan fingerprint density at radius 1 is 1.11 bits per heavy atom. The summed E-state index contributed by atoms with van der Waals surface area (Å²) in [6.07, 6.45) is -0.206. The van der Waals surface area contributed by atoms with Gasteiger partial charge in [0.1, 0.15) is 5.82 Å². The molecule has 0 aromatic carbocycles. The van der Waals surface area contributed by atoms with Crippen LogP contribution < -0.4 is 25.2 Å². The van der Waals surface area contributed by atoms with E-state index in [4.69, 9.17) is 4.74 Å². The number of H-pyrrole nitrogens is 1. The Kier molecular flexibility index (Phi) is 4.64. The highest BCUT2D eigenvalue weighted by molar-refractivity contribution is 5.54. The molecule has 0 spiro atoms. The smallest absolute Gasteiger partial charge is 0.267 e. The average molecular weight is 381 g/mol. The molecule has 2 aromatic heterocycles. The molecule has 2 aliphatic rings. The fourth-order valence-electron chi connectivity index (χ4n) is 3.06. The van der Waals surface area contributed by atoms with Gasteiger partial charge in [-0.1, -0.05) is 0 Å². The number of aromatic nitrogens is 5. The quantitative estimate of drug-likeness (QED) is 0.686. The van der Waals surface area contributed by atoms with Crippen molar-refractivity contribution in [3.05, 3.63) is 6.07 Å². The van der Waals surface area contributed by atoms with E-state index in [9.17, 15) is 8.78 Å². The molecule has 27 heavy (non-hydrogen) atoms. The number of hydrogen-bond donors (Lipinski definition) is 3. The third kappa shape index (κ3) is 3.99. The topological polar surface area (TPSA) is 107 Å². The number of piperazine rings is 1. The summed E-state index contributed by atoms with van der Waals surface area (Å²) in [5.41, 5.74) is 0. The van der Waals surface area contributed by atoms with Crippen LogP contribution in [0.15, 0.2) is 6.07 Å². The van der Waals surface area contributed by atoms with Crippen molar-refractivity contribution < 1.29 is 13.5 Å². The number of alkyl halides is 2. The lowest BCUT2D eigenvalue weighted by atomic mass is 10.3. The summed E-state index contributed by atoms with van der Waals surface area (Å²) in [6, 6.07) is 1.65. The van der Waals surface area contributed by atoms with Gasteiger partial charge in [0, 0.05) is 45.2 Å². The van der Waals surface area contributed by atoms with Crippen molar-refractivity contribution in [1.82, 2.24) is 30.5 Å². The zero-order chi connectivity index (χ0) is 18.9. The lowest BCUT2D eigenvalue weighted by Gasteiger charge is -2.28. The molecule has 12 heteroatoms. The molecule has 0 aliphatic carbocycles. The molecule has 2 aromatic rings. The first-order valence-corrected chi connectivity index (χ1v) is 8.73. The summed E-state index contributed by atoms with van der Waals surface area (Å²) in [5, 5.41) is 13.0. The molecule has 146 valence electrons. The first kappa shape index (κ1) is 17.6. The van der Waals surface area contributed by atoms with E-state index >= 15 is 0 Å². The number of nitrogens with zero attached hydrogens (tertiary/aromatic N) is 6. The van der Waals surface area contributed by atoms with Gasteiger partial charge in [-0.3, -0.25) is 5.10 Å². The maximum absolute atomic E-state index is 13.7. The Hall–Kier alpha value is -2.76. The van der Waals surface area contributed by atoms with Gasteiger partial charge >= 0.3 is 0 Å². The van der Waals surface area contributed by atoms with Gasteiger partial charge in [0.25, 0.3) is 5.92 Å². The third-order valence-corrected chi connectivity index (χ3v) is 4.47. The lowest BCUT2D eigenvalue weighted by Crippen LogP contribution is -2.44. The molecule has 2 saturated heterocycles. The summed E-state index contributed by atoms with van der Waals surface area (Å²) < 4.78 is 32.3. The fraction of sp³-hybridized carbons (Fsp3) is 0.600. The van der Waals surface area contributed by atoms with Crippen molar-refractivity contribution in [2.24, 2.45) is 0 Å². The third-order valence-electron chi connectivity index (χ3n) is 4.47. The Balaban J connectivity index is 1.63. The van der Waals surface area contributed by atoms with Crippen LogP contribution >= 0.6 is 0 Å². The first-order chi connectivity index (χ1) is 13.0. The molecular formula is C15H21F2N9O. The van der Waals surface area contributed by atoms with Gasteiger partial charge in [0.2, 0.25) is 23.7 Å². The van der Waals surface area contributed by atoms with E-state index in [1.165, 1.54) is 12.0 Å². The van der Waals surface area contributed by atoms with Gasteiger partial charge in [0.15, 0.2) is 0 Å². The van der Waals surface area contributed by atoms with Crippen molar-refractivity contribution in [3.8, 4) is 5.88 Å². The molecule has 0 radical (unpaired) electrons. The Bertz CT molecular complexity index is 793. The molecule has 0 unspecified atom stereocenters. The summed E-state index contributed by atoms with van der Waals surface area (Å²) in [4.78, 5) is 16.7. The summed E-state index contributed by atoms with van der Waals surface area (Å²) in [7, 11) is 1.51. The first-order valence-electron chi connectivity index (χ1n) is 8.73. The summed E-state index contributed by atoms with van der Waals surface area (Å²) >= 11 is 0. The van der Waals surface area contributed by atoms with Gasteiger partial charge < -0.3 is 25.2 Å². The SMILES string of the molecule is COc1cc(Nc2nc(N3CCNCC3)nc(N3CCC(F)(F)C3)n2)[nH]n1. The van der Waals surface area contributed by atoms with Crippen molar-refractivity contribution >= 4 is 23.7 Å². The van der Waals surface area contributed by atoms with Crippen LogP contribution in [0.2, 0.25) is 0 Å². The van der Waals surface area contributed by atoms with E-state index in [0.717, 1.165) is 26.2 Å². The standard InChI is InChI=1S/C15H21F2N9O/c1-27-11-8-10(23-24-11)19-12-20-13(25-6-3-18-4-7-25)22-14(21-12)26-5-2-15(16,17)9-26/h8,18H,2-7,9H2,1H3,(H2,19,20,21,22,23,24). The number of aromatic amines is 1. The maximum Gasteiger partial charge on any atom is 0.267 e. The number of anilines is 4. The minimum atomic E-state index is -2.73. The zero-order valence-corrected chi connectivity index (χ0v) is 14.9. The fourth-order valence-corrected chi connectivity index (χ4v) is 3.06. The van der Waals surface area contributed by atoms with Gasteiger partial charge in [0.05, 0.1) is 13.7 Å². The van der Waals surface area contributed by atoms with E-state index in [1.54, 1.807) is 6.07 Å². The number of nitrogens with one attached hydrogen (secondary N) is 3. The molecule has 10 nitrogen and oxygen atoms in total. The molecule has 2 aliphatic heterocycles. The van der Waals surface area contributed by atoms with Crippen LogP contribution in [0.3, 0.4) is 0 Å². The van der Waals surface area contributed by atoms with Crippen molar-refractivity contribution in [1.29, 1.82) is 0 Å². The van der Waals surface area contributed by atoms with Gasteiger partial charge in [-0.2, -0.15) is 15.0 Å². The summed E-state index contributed by atoms with van der Waals surface area (Å²) in [6.45, 7) is 2.89. The van der Waals surface area contributed by atoms with Crippen molar-refractivity contribution in [2.75, 3.05) is 61.5 Å². The highest BCUT2D eigenvalue weighted by atomic mass is 19.3. The number of halogens is 2. The van der Waals surface area contributed by atoms with E-state index < -0.39 is 12.5 Å². The minimum Gasteiger partial charge on any atom is -0.480 e. The van der Waals surface area contributed by atoms with Crippen LogP contribution in [-0.4, -0.2) is 77.5 Å². The molecule has 4 rings (SSSR count). The van der Waals surface area contributed by atoms with Gasteiger partial charge in [-0.05, 0) is 0 Å². The average Bonchev–Trinajstić information content (AvgIpc) is 3.28. The monoisotopic (exact) mass is 381 g/mol. The largest absolute Gasteiger partial charge is 0.480 e. The van der Waals surface area contributed by atoms with Crippen LogP contribution in [0.4, 0.5) is 32.4 Å². The molecule has 0 amide bonds. The van der Waals surface area contributed by atoms with E-state index in [1.807, 2.05) is 4.90 Å². The highest BCUT2D eigenvalue weighted by Crippen LogP contribution is 2.30. The van der Waals surface area contributed by atoms with Crippen LogP contribution in [0.5, 0.6) is 5.88 Å². The van der Waals surface area contributed by atoms with E-state index in [2.05, 4.69) is 35.8 Å². The molecule has 3 N–H and O–H groups in total. The number of ether oxygens (including phenoxy) is 1. The Morgan fingerprint density at radius 3 is 2.48 bits per heavy atom. The normalized spacial score (nSPS) is 19.4. The van der Waals surface area contributed by atoms with E-state index in [0.29, 0.717) is 17.6 Å². The Labute approximate surface area is 154 Å². The number of hydrogen-bond acceptors (Lipinski definition) is 9. The predicted molar refractivity (Wildman–Crippen MR) is 95.1 cm³/mol. The minimum absolute atomic E-state index is 0.204. The lowest BCUT2D eigenvalue weighted by molar-refractivity contribution is 0.0256. The predicted octanol–water partition coefficient (Wildman–Crippen LogP) is 0.602. The summed E-state index contributed by atoms with van der Waals surface area (Å²) in [5.74, 6) is -0.827. The van der Waals surface area contributed by atoms with Crippen molar-refractivity contribution in [3.63, 3.8) is 0 Å². The molecular weight excluding hydrogens is 360 g/mol. The van der Waals surface area contributed by atoms with Crippen LogP contribution in [-0.2, 0) is 0 Å². The zero-order valence-electron chi connectivity index (χ0n) is 14.9. The number of rotatable bonds is 5. The molecule has 0 atom stereocenters. The second-order valence-corrected chi connectivity index (χ2v) is 6.47. The second kappa shape index (κ2) is 7.10. The molecule has 2 fully saturated rings. The number of methoxy groups -OCH3 is 1. The molecule has 4 heterocycles. The molecule has 0 bridgehead atoms. The Morgan fingerprint density at radius 2 is 1.85 bits per heavy atom. The van der Waals surface area contributed by atoms with Crippen molar-refractivity contribution in [2.45, 2.75) is 12.3 Å². The van der Waals surface area contributed by atoms with Crippen LogP contribution in [0.1, 0.15) is 6.42 Å². The highest BCUT2D eigenvalue weighted by Gasteiger charge is 2.39. The second-order valence-electron chi connectivity index (χ2n) is 6.47. The maximum atomic E-state index is 13.7. The van der Waals surface area contributed by atoms with Gasteiger partial charge in [-0.25, -0.2) is 8.78 Å². The molecule has 0 saturated carbocycles. The van der Waals surface area contributed by atoms with Crippen LogP contribution in [0.25, 0.3) is 0 Å².